The summed E-state index contributed by atoms with van der Waals surface area (Å²) >= 11 is 0. The molecule has 0 saturated carbocycles. The molecule has 0 aliphatic heterocycles. The van der Waals surface area contributed by atoms with Gasteiger partial charge in [0.05, 0.1) is 12.2 Å². The molecule has 3 aromatic rings. The van der Waals surface area contributed by atoms with Crippen molar-refractivity contribution in [3.8, 4) is 0 Å². The average Bonchev–Trinajstić information content (AvgIpc) is 2.81. The highest BCUT2D eigenvalue weighted by Gasteiger charge is 2.43. The van der Waals surface area contributed by atoms with Gasteiger partial charge >= 0.3 is 12.1 Å². The van der Waals surface area contributed by atoms with Gasteiger partial charge in [0.15, 0.2) is 0 Å². The molecular weight excluding hydrogens is 419 g/mol. The smallest absolute Gasteiger partial charge is 0.405 e. The monoisotopic (exact) mass is 441 g/mol. The van der Waals surface area contributed by atoms with Gasteiger partial charge in [-0.2, -0.15) is 13.2 Å². The molecule has 0 spiro atoms. The van der Waals surface area contributed by atoms with Gasteiger partial charge in [-0.25, -0.2) is 4.79 Å². The van der Waals surface area contributed by atoms with Crippen LogP contribution in [-0.4, -0.2) is 31.2 Å². The lowest BCUT2D eigenvalue weighted by molar-refractivity contribution is -0.141. The van der Waals surface area contributed by atoms with E-state index in [1.54, 1.807) is 91.0 Å². The van der Waals surface area contributed by atoms with Crippen LogP contribution in [0.5, 0.6) is 0 Å². The normalized spacial score (nSPS) is 11.6. The Morgan fingerprint density at radius 3 is 1.69 bits per heavy atom. The first-order chi connectivity index (χ1) is 15.3. The third-order valence-corrected chi connectivity index (χ3v) is 5.09. The lowest BCUT2D eigenvalue weighted by atomic mass is 9.71. The van der Waals surface area contributed by atoms with E-state index in [9.17, 15) is 22.8 Å². The summed E-state index contributed by atoms with van der Waals surface area (Å²) in [7, 11) is 0. The number of carbonyl (C=O) groups is 2. The van der Waals surface area contributed by atoms with Crippen LogP contribution >= 0.6 is 0 Å². The Hall–Kier alpha value is -3.61. The lowest BCUT2D eigenvalue weighted by Gasteiger charge is -2.34. The van der Waals surface area contributed by atoms with Gasteiger partial charge in [-0.3, -0.25) is 4.79 Å². The predicted octanol–water partition coefficient (Wildman–Crippen LogP) is 4.90. The van der Waals surface area contributed by atoms with Crippen LogP contribution in [0.2, 0.25) is 0 Å². The number of rotatable bonds is 8. The fourth-order valence-electron chi connectivity index (χ4n) is 3.56. The minimum Gasteiger partial charge on any atom is -0.462 e. The van der Waals surface area contributed by atoms with Crippen LogP contribution in [0.4, 0.5) is 13.2 Å². The first kappa shape index (κ1) is 23.1. The molecule has 0 atom stereocenters. The molecule has 7 heteroatoms. The molecule has 0 aliphatic rings. The summed E-state index contributed by atoms with van der Waals surface area (Å²) in [4.78, 5) is 25.7. The van der Waals surface area contributed by atoms with Gasteiger partial charge in [0.1, 0.15) is 12.0 Å². The van der Waals surface area contributed by atoms with Crippen molar-refractivity contribution in [3.05, 3.63) is 108 Å². The van der Waals surface area contributed by atoms with Crippen LogP contribution in [0.25, 0.3) is 0 Å². The Morgan fingerprint density at radius 2 is 1.22 bits per heavy atom. The summed E-state index contributed by atoms with van der Waals surface area (Å²) in [5, 5.41) is 2.03. The summed E-state index contributed by atoms with van der Waals surface area (Å²) in [6.07, 6.45) is -4.60. The van der Waals surface area contributed by atoms with E-state index < -0.39 is 30.0 Å². The highest BCUT2D eigenvalue weighted by atomic mass is 19.4. The van der Waals surface area contributed by atoms with E-state index >= 15 is 0 Å². The quantitative estimate of drug-likeness (QED) is 0.506. The van der Waals surface area contributed by atoms with Gasteiger partial charge in [-0.1, -0.05) is 78.9 Å². The molecule has 0 saturated heterocycles. The zero-order valence-corrected chi connectivity index (χ0v) is 17.1. The molecule has 32 heavy (non-hydrogen) atoms. The van der Waals surface area contributed by atoms with Crippen molar-refractivity contribution in [2.45, 2.75) is 18.0 Å². The van der Waals surface area contributed by atoms with Crippen LogP contribution in [0.3, 0.4) is 0 Å². The minimum atomic E-state index is -4.56. The molecule has 3 aromatic carbocycles. The summed E-state index contributed by atoms with van der Waals surface area (Å²) in [5.74, 6) is -1.39. The molecule has 4 nitrogen and oxygen atoms in total. The molecule has 1 amide bonds. The number of amides is 1. The number of benzene rings is 3. The highest BCUT2D eigenvalue weighted by Crippen LogP contribution is 2.36. The van der Waals surface area contributed by atoms with E-state index in [-0.39, 0.29) is 13.0 Å². The molecule has 166 valence electrons. The third kappa shape index (κ3) is 5.55. The summed E-state index contributed by atoms with van der Waals surface area (Å²) in [6, 6.07) is 25.4. The minimum absolute atomic E-state index is 0.0384. The number of hydrogen-bond donors (Lipinski definition) is 1. The van der Waals surface area contributed by atoms with Crippen molar-refractivity contribution in [2.24, 2.45) is 0 Å². The maximum atomic E-state index is 13.3. The number of alkyl halides is 3. The number of nitrogens with one attached hydrogen (secondary N) is 1. The maximum absolute atomic E-state index is 13.3. The number of hydrogen-bond acceptors (Lipinski definition) is 3. The van der Waals surface area contributed by atoms with Crippen molar-refractivity contribution in [3.63, 3.8) is 0 Å². The van der Waals surface area contributed by atoms with Crippen molar-refractivity contribution in [2.75, 3.05) is 13.2 Å². The molecule has 0 aliphatic carbocycles. The molecule has 0 unspecified atom stereocenters. The highest BCUT2D eigenvalue weighted by molar-refractivity contribution is 5.92. The zero-order valence-electron chi connectivity index (χ0n) is 17.1. The van der Waals surface area contributed by atoms with Crippen LogP contribution < -0.4 is 5.32 Å². The molecule has 0 radical (unpaired) electrons. The zero-order chi connectivity index (χ0) is 23.0. The van der Waals surface area contributed by atoms with Gasteiger partial charge < -0.3 is 10.1 Å². The van der Waals surface area contributed by atoms with Crippen molar-refractivity contribution >= 4 is 11.9 Å². The fourth-order valence-corrected chi connectivity index (χ4v) is 3.56. The largest absolute Gasteiger partial charge is 0.462 e. The average molecular weight is 441 g/mol. The Balaban J connectivity index is 1.95. The maximum Gasteiger partial charge on any atom is 0.405 e. The molecule has 0 bridgehead atoms. The Bertz CT molecular complexity index is 983. The van der Waals surface area contributed by atoms with E-state index in [1.807, 2.05) is 5.32 Å². The van der Waals surface area contributed by atoms with Gasteiger partial charge in [-0.05, 0) is 23.3 Å². The first-order valence-corrected chi connectivity index (χ1v) is 10.0. The van der Waals surface area contributed by atoms with E-state index in [0.717, 1.165) is 0 Å². The van der Waals surface area contributed by atoms with E-state index in [4.69, 9.17) is 4.74 Å². The van der Waals surface area contributed by atoms with Gasteiger partial charge in [0.2, 0.25) is 5.91 Å². The van der Waals surface area contributed by atoms with E-state index in [0.29, 0.717) is 16.7 Å². The Kier molecular flexibility index (Phi) is 7.30. The number of esters is 1. The lowest BCUT2D eigenvalue weighted by Crippen LogP contribution is -2.48. The second-order valence-corrected chi connectivity index (χ2v) is 7.19. The topological polar surface area (TPSA) is 55.4 Å². The third-order valence-electron chi connectivity index (χ3n) is 5.09. The van der Waals surface area contributed by atoms with E-state index in [2.05, 4.69) is 0 Å². The van der Waals surface area contributed by atoms with E-state index in [1.165, 1.54) is 0 Å². The molecule has 3 rings (SSSR count). The number of carbonyl (C=O) groups excluding carboxylic acids is 2. The van der Waals surface area contributed by atoms with Gasteiger partial charge in [0, 0.05) is 6.42 Å². The van der Waals surface area contributed by atoms with Crippen LogP contribution in [0, 0.1) is 0 Å². The second kappa shape index (κ2) is 10.1. The molecule has 0 aromatic heterocycles. The van der Waals surface area contributed by atoms with Crippen LogP contribution in [-0.2, 0) is 14.9 Å². The summed E-state index contributed by atoms with van der Waals surface area (Å²) < 4.78 is 44.0. The SMILES string of the molecule is O=C(OCCC(C(=O)NCC(F)(F)F)(c1ccccc1)c1ccccc1)c1ccccc1. The van der Waals surface area contributed by atoms with Crippen molar-refractivity contribution in [1.29, 1.82) is 0 Å². The van der Waals surface area contributed by atoms with Gasteiger partial charge in [0.25, 0.3) is 0 Å². The van der Waals surface area contributed by atoms with Crippen LogP contribution in [0.1, 0.15) is 27.9 Å². The number of halogens is 3. The molecular formula is C25H22F3NO3. The second-order valence-electron chi connectivity index (χ2n) is 7.19. The number of ether oxygens (including phenoxy) is 1. The van der Waals surface area contributed by atoms with Crippen LogP contribution in [0.15, 0.2) is 91.0 Å². The molecule has 0 fully saturated rings. The van der Waals surface area contributed by atoms with Crippen molar-refractivity contribution < 1.29 is 27.5 Å². The summed E-state index contributed by atoms with van der Waals surface area (Å²) in [6.45, 7) is -1.63. The standard InChI is InChI=1S/C25H22F3NO3/c26-25(27,28)18-29-23(31)24(20-12-6-2-7-13-20,21-14-8-3-9-15-21)16-17-32-22(30)19-10-4-1-5-11-19/h1-15H,16-18H2,(H,29,31). The Morgan fingerprint density at radius 1 is 0.750 bits per heavy atom. The summed E-state index contributed by atoms with van der Waals surface area (Å²) in [5.41, 5.74) is -0.132. The fraction of sp³-hybridized carbons (Fsp3) is 0.200. The molecule has 0 heterocycles. The Labute approximate surface area is 184 Å². The first-order valence-electron chi connectivity index (χ1n) is 10.0. The van der Waals surface area contributed by atoms with Gasteiger partial charge in [-0.15, -0.1) is 0 Å². The predicted molar refractivity (Wildman–Crippen MR) is 114 cm³/mol. The molecule has 1 N–H and O–H groups in total. The van der Waals surface area contributed by atoms with Crippen molar-refractivity contribution in [1.82, 2.24) is 5.32 Å².